The van der Waals surface area contributed by atoms with E-state index in [2.05, 4.69) is 0 Å². The number of aromatic nitrogens is 2. The van der Waals surface area contributed by atoms with Crippen LogP contribution in [0.2, 0.25) is 5.02 Å². The standard InChI is InChI=1S/C17H12Cl2F3N3O5/c1-7(26)16(2-3-16)30-14(28)8-4-11(10(20)5-9(8)18)24-13(27)6-12(17(19,21)22)25(23)15(24)29/h4-6H,2-3,23H2,1H3. The molecule has 0 saturated heterocycles. The molecule has 1 heterocycles. The third-order valence-electron chi connectivity index (χ3n) is 4.56. The number of nitrogens with two attached hydrogens (primary N) is 1. The molecule has 13 heteroatoms. The molecular formula is C17H12Cl2F3N3O5. The van der Waals surface area contributed by atoms with E-state index in [0.717, 1.165) is 6.07 Å². The average Bonchev–Trinajstić information content (AvgIpc) is 3.39. The lowest BCUT2D eigenvalue weighted by atomic mass is 10.1. The number of nitrogen functional groups attached to an aromatic ring is 1. The molecule has 0 bridgehead atoms. The fraction of sp³-hybridized carbons (Fsp3) is 0.294. The molecule has 2 N–H and O–H groups in total. The van der Waals surface area contributed by atoms with Gasteiger partial charge in [-0.1, -0.05) is 11.6 Å². The molecule has 1 saturated carbocycles. The highest BCUT2D eigenvalue weighted by molar-refractivity contribution is 6.33. The van der Waals surface area contributed by atoms with E-state index in [1.54, 1.807) is 0 Å². The second-order valence-electron chi connectivity index (χ2n) is 6.58. The number of benzene rings is 1. The van der Waals surface area contributed by atoms with Gasteiger partial charge in [-0.2, -0.15) is 8.78 Å². The molecule has 1 fully saturated rings. The molecule has 30 heavy (non-hydrogen) atoms. The van der Waals surface area contributed by atoms with Crippen molar-refractivity contribution in [1.29, 1.82) is 0 Å². The summed E-state index contributed by atoms with van der Waals surface area (Å²) < 4.78 is 46.3. The zero-order valence-electron chi connectivity index (χ0n) is 15.0. The number of carbonyl (C=O) groups excluding carboxylic acids is 2. The number of ether oxygens (including phenoxy) is 1. The molecule has 0 aliphatic heterocycles. The summed E-state index contributed by atoms with van der Waals surface area (Å²) in [4.78, 5) is 48.7. The van der Waals surface area contributed by atoms with Crippen LogP contribution in [0.1, 0.15) is 35.8 Å². The minimum Gasteiger partial charge on any atom is -0.447 e. The Hall–Kier alpha value is -2.79. The van der Waals surface area contributed by atoms with E-state index in [-0.39, 0.29) is 15.3 Å². The van der Waals surface area contributed by atoms with E-state index in [0.29, 0.717) is 18.9 Å². The molecule has 1 aliphatic carbocycles. The van der Waals surface area contributed by atoms with Crippen molar-refractivity contribution in [3.05, 3.63) is 61.1 Å². The van der Waals surface area contributed by atoms with E-state index >= 15 is 0 Å². The van der Waals surface area contributed by atoms with Gasteiger partial charge in [0.05, 0.1) is 16.3 Å². The molecule has 1 aromatic carbocycles. The summed E-state index contributed by atoms with van der Waals surface area (Å²) in [6, 6.07) is 1.59. The molecule has 0 unspecified atom stereocenters. The summed E-state index contributed by atoms with van der Waals surface area (Å²) in [6.45, 7) is 1.23. The van der Waals surface area contributed by atoms with E-state index in [4.69, 9.17) is 33.8 Å². The molecular weight excluding hydrogens is 454 g/mol. The van der Waals surface area contributed by atoms with Crippen molar-refractivity contribution in [1.82, 2.24) is 9.24 Å². The van der Waals surface area contributed by atoms with Gasteiger partial charge in [-0.25, -0.2) is 23.2 Å². The van der Waals surface area contributed by atoms with Crippen molar-refractivity contribution in [2.75, 3.05) is 5.84 Å². The molecule has 0 spiro atoms. The molecule has 0 atom stereocenters. The van der Waals surface area contributed by atoms with Gasteiger partial charge in [0.1, 0.15) is 11.5 Å². The molecule has 8 nitrogen and oxygen atoms in total. The second kappa shape index (κ2) is 7.17. The van der Waals surface area contributed by atoms with Gasteiger partial charge in [-0.15, -0.1) is 0 Å². The third kappa shape index (κ3) is 3.70. The maximum atomic E-state index is 14.5. The first kappa shape index (κ1) is 21.9. The van der Waals surface area contributed by atoms with Crippen molar-refractivity contribution < 1.29 is 27.5 Å². The van der Waals surface area contributed by atoms with Crippen molar-refractivity contribution in [3.63, 3.8) is 0 Å². The Morgan fingerprint density at radius 1 is 1.23 bits per heavy atom. The van der Waals surface area contributed by atoms with Gasteiger partial charge >= 0.3 is 17.0 Å². The van der Waals surface area contributed by atoms with Gasteiger partial charge < -0.3 is 10.6 Å². The van der Waals surface area contributed by atoms with Crippen LogP contribution in [0.3, 0.4) is 0 Å². The number of hydrogen-bond donors (Lipinski definition) is 1. The molecule has 2 aromatic rings. The van der Waals surface area contributed by atoms with Crippen LogP contribution in [-0.4, -0.2) is 26.6 Å². The van der Waals surface area contributed by atoms with Gasteiger partial charge in [-0.05, 0) is 43.5 Å². The highest BCUT2D eigenvalue weighted by Gasteiger charge is 2.51. The summed E-state index contributed by atoms with van der Waals surface area (Å²) in [5, 5.41) is -4.57. The summed E-state index contributed by atoms with van der Waals surface area (Å²) in [6.07, 6.45) is 0.594. The number of alkyl halides is 3. The largest absolute Gasteiger partial charge is 0.447 e. The van der Waals surface area contributed by atoms with Crippen molar-refractivity contribution in [2.45, 2.75) is 30.7 Å². The van der Waals surface area contributed by atoms with Crippen LogP contribution in [0, 0.1) is 5.82 Å². The number of carbonyl (C=O) groups is 2. The van der Waals surface area contributed by atoms with Crippen molar-refractivity contribution in [3.8, 4) is 5.69 Å². The second-order valence-corrected chi connectivity index (χ2v) is 7.46. The van der Waals surface area contributed by atoms with Gasteiger partial charge in [0, 0.05) is 6.07 Å². The average molecular weight is 466 g/mol. The molecule has 0 amide bonds. The number of esters is 1. The minimum absolute atomic E-state index is 0.117. The van der Waals surface area contributed by atoms with Crippen LogP contribution in [0.25, 0.3) is 5.69 Å². The van der Waals surface area contributed by atoms with Crippen molar-refractivity contribution in [2.24, 2.45) is 0 Å². The number of ketones is 1. The first-order valence-electron chi connectivity index (χ1n) is 8.24. The van der Waals surface area contributed by atoms with Gasteiger partial charge in [-0.3, -0.25) is 9.59 Å². The minimum atomic E-state index is -4.15. The maximum absolute atomic E-state index is 14.5. The number of nitrogens with zero attached hydrogens (tertiary/aromatic N) is 2. The Morgan fingerprint density at radius 2 is 1.83 bits per heavy atom. The molecule has 1 aliphatic rings. The maximum Gasteiger partial charge on any atom is 0.365 e. The van der Waals surface area contributed by atoms with Gasteiger partial charge in [0.15, 0.2) is 11.4 Å². The van der Waals surface area contributed by atoms with Crippen LogP contribution >= 0.6 is 23.2 Å². The number of halogens is 5. The predicted molar refractivity (Wildman–Crippen MR) is 99.2 cm³/mol. The van der Waals surface area contributed by atoms with Crippen molar-refractivity contribution >= 4 is 35.0 Å². The third-order valence-corrected chi connectivity index (χ3v) is 5.07. The monoisotopic (exact) mass is 465 g/mol. The lowest BCUT2D eigenvalue weighted by Crippen LogP contribution is -2.45. The number of hydrogen-bond acceptors (Lipinski definition) is 6. The Labute approximate surface area is 175 Å². The topological polar surface area (TPSA) is 113 Å². The Balaban J connectivity index is 2.15. The van der Waals surface area contributed by atoms with Gasteiger partial charge in [0.25, 0.3) is 5.56 Å². The normalized spacial score (nSPS) is 15.0. The highest BCUT2D eigenvalue weighted by atomic mass is 35.5. The van der Waals surface area contributed by atoms with Crippen LogP contribution in [0.15, 0.2) is 27.8 Å². The van der Waals surface area contributed by atoms with E-state index in [1.165, 1.54) is 6.92 Å². The molecule has 1 aromatic heterocycles. The Morgan fingerprint density at radius 3 is 2.33 bits per heavy atom. The number of Topliss-reactive ketones (excluding diaryl/α,β-unsaturated/α-hetero) is 1. The van der Waals surface area contributed by atoms with Crippen LogP contribution in [0.5, 0.6) is 0 Å². The van der Waals surface area contributed by atoms with Crippen LogP contribution in [-0.2, 0) is 14.9 Å². The summed E-state index contributed by atoms with van der Waals surface area (Å²) in [5.74, 6) is 2.56. The Kier molecular flexibility index (Phi) is 5.23. The highest BCUT2D eigenvalue weighted by Crippen LogP contribution is 2.41. The van der Waals surface area contributed by atoms with E-state index in [1.807, 2.05) is 0 Å². The lowest BCUT2D eigenvalue weighted by Gasteiger charge is -2.16. The molecule has 160 valence electrons. The summed E-state index contributed by atoms with van der Waals surface area (Å²) in [5.41, 5.74) is -6.81. The predicted octanol–water partition coefficient (Wildman–Crippen LogP) is 2.07. The van der Waals surface area contributed by atoms with Gasteiger partial charge in [0.2, 0.25) is 0 Å². The first-order valence-corrected chi connectivity index (χ1v) is 8.99. The molecule has 0 radical (unpaired) electrons. The fourth-order valence-corrected chi connectivity index (χ4v) is 3.11. The molecule has 3 rings (SSSR count). The first-order chi connectivity index (χ1) is 13.8. The van der Waals surface area contributed by atoms with Crippen LogP contribution in [0.4, 0.5) is 13.2 Å². The summed E-state index contributed by atoms with van der Waals surface area (Å²) in [7, 11) is 0. The quantitative estimate of drug-likeness (QED) is 0.410. The smallest absolute Gasteiger partial charge is 0.365 e. The van der Waals surface area contributed by atoms with Crippen LogP contribution < -0.4 is 17.1 Å². The SMILES string of the molecule is CC(=O)C1(OC(=O)c2cc(-n3c(=O)cc(C(F)(F)Cl)n(N)c3=O)c(F)cc2Cl)CC1. The van der Waals surface area contributed by atoms with E-state index < -0.39 is 61.8 Å². The lowest BCUT2D eigenvalue weighted by molar-refractivity contribution is -0.127. The zero-order valence-corrected chi connectivity index (χ0v) is 16.6. The fourth-order valence-electron chi connectivity index (χ4n) is 2.73. The number of rotatable bonds is 5. The summed E-state index contributed by atoms with van der Waals surface area (Å²) >= 11 is 10.7. The Bertz CT molecular complexity index is 1200. The zero-order chi connectivity index (χ0) is 22.6. The van der Waals surface area contributed by atoms with E-state index in [9.17, 15) is 32.3 Å².